The van der Waals surface area contributed by atoms with E-state index in [9.17, 15) is 9.18 Å². The SMILES string of the molecule is CC(C)(C)OC(=O)N1CCC(n2cc(-c3cccc(N)c3F)c(N3CCOCC3)n2)CC1. The van der Waals surface area contributed by atoms with Crippen LogP contribution in [0.25, 0.3) is 11.1 Å². The topological polar surface area (TPSA) is 85.8 Å². The molecule has 0 unspecified atom stereocenters. The zero-order chi connectivity index (χ0) is 22.9. The molecule has 0 saturated carbocycles. The highest BCUT2D eigenvalue weighted by Crippen LogP contribution is 2.36. The lowest BCUT2D eigenvalue weighted by Gasteiger charge is -2.33. The molecule has 32 heavy (non-hydrogen) atoms. The number of nitrogen functional groups attached to an aromatic ring is 1. The number of ether oxygens (including phenoxy) is 2. The molecule has 174 valence electrons. The monoisotopic (exact) mass is 445 g/mol. The van der Waals surface area contributed by atoms with E-state index in [1.54, 1.807) is 23.1 Å². The molecular weight excluding hydrogens is 413 g/mol. The molecule has 9 heteroatoms. The molecular formula is C23H32FN5O3. The summed E-state index contributed by atoms with van der Waals surface area (Å²) < 4.78 is 27.8. The molecule has 1 aromatic carbocycles. The number of hydrogen-bond acceptors (Lipinski definition) is 6. The number of aromatic nitrogens is 2. The van der Waals surface area contributed by atoms with Gasteiger partial charge in [0.1, 0.15) is 5.60 Å². The number of carbonyl (C=O) groups excluding carboxylic acids is 1. The number of hydrogen-bond donors (Lipinski definition) is 1. The molecule has 2 saturated heterocycles. The van der Waals surface area contributed by atoms with Gasteiger partial charge in [-0.05, 0) is 39.7 Å². The van der Waals surface area contributed by atoms with Crippen molar-refractivity contribution in [3.8, 4) is 11.1 Å². The zero-order valence-corrected chi connectivity index (χ0v) is 19.0. The summed E-state index contributed by atoms with van der Waals surface area (Å²) in [7, 11) is 0. The summed E-state index contributed by atoms with van der Waals surface area (Å²) in [6.07, 6.45) is 3.13. The Morgan fingerprint density at radius 2 is 1.84 bits per heavy atom. The summed E-state index contributed by atoms with van der Waals surface area (Å²) in [5.74, 6) is 0.314. The van der Waals surface area contributed by atoms with Crippen molar-refractivity contribution in [3.05, 3.63) is 30.2 Å². The number of halogens is 1. The van der Waals surface area contributed by atoms with Gasteiger partial charge in [-0.25, -0.2) is 9.18 Å². The zero-order valence-electron chi connectivity index (χ0n) is 19.0. The minimum Gasteiger partial charge on any atom is -0.444 e. The lowest BCUT2D eigenvalue weighted by atomic mass is 10.0. The maximum absolute atomic E-state index is 14.9. The van der Waals surface area contributed by atoms with E-state index >= 15 is 0 Å². The van der Waals surface area contributed by atoms with Crippen molar-refractivity contribution in [2.75, 3.05) is 50.0 Å². The molecule has 4 rings (SSSR count). The van der Waals surface area contributed by atoms with Crippen LogP contribution in [-0.2, 0) is 9.47 Å². The second-order valence-corrected chi connectivity index (χ2v) is 9.35. The van der Waals surface area contributed by atoms with Crippen molar-refractivity contribution >= 4 is 17.6 Å². The second-order valence-electron chi connectivity index (χ2n) is 9.35. The quantitative estimate of drug-likeness (QED) is 0.726. The molecule has 2 fully saturated rings. The molecule has 0 radical (unpaired) electrons. The predicted molar refractivity (Wildman–Crippen MR) is 121 cm³/mol. The first kappa shape index (κ1) is 22.4. The van der Waals surface area contributed by atoms with Crippen molar-refractivity contribution in [2.45, 2.75) is 45.3 Å². The van der Waals surface area contributed by atoms with Crippen LogP contribution in [-0.4, -0.2) is 65.8 Å². The third-order valence-electron chi connectivity index (χ3n) is 5.83. The van der Waals surface area contributed by atoms with Gasteiger partial charge in [0.05, 0.1) is 24.9 Å². The standard InChI is InChI=1S/C23H32FN5O3/c1-23(2,3)32-22(30)28-9-7-16(8-10-28)29-15-18(17-5-4-6-19(25)20(17)24)21(26-29)27-11-13-31-14-12-27/h4-6,15-16H,7-14,25H2,1-3H3. The molecule has 0 spiro atoms. The average molecular weight is 446 g/mol. The Morgan fingerprint density at radius 3 is 2.50 bits per heavy atom. The highest BCUT2D eigenvalue weighted by molar-refractivity contribution is 5.78. The van der Waals surface area contributed by atoms with Crippen LogP contribution in [0.4, 0.5) is 20.7 Å². The largest absolute Gasteiger partial charge is 0.444 e. The third-order valence-corrected chi connectivity index (χ3v) is 5.83. The number of rotatable bonds is 3. The van der Waals surface area contributed by atoms with Gasteiger partial charge in [0.2, 0.25) is 0 Å². The number of nitrogens with two attached hydrogens (primary N) is 1. The van der Waals surface area contributed by atoms with E-state index in [0.29, 0.717) is 45.0 Å². The Balaban J connectivity index is 1.57. The Labute approximate surface area is 188 Å². The molecule has 2 aromatic rings. The van der Waals surface area contributed by atoms with Crippen LogP contribution in [0.5, 0.6) is 0 Å². The molecule has 0 aliphatic carbocycles. The summed E-state index contributed by atoms with van der Waals surface area (Å²) >= 11 is 0. The van der Waals surface area contributed by atoms with Gasteiger partial charge in [-0.1, -0.05) is 12.1 Å². The van der Waals surface area contributed by atoms with Gasteiger partial charge in [-0.3, -0.25) is 4.68 Å². The molecule has 0 atom stereocenters. The summed E-state index contributed by atoms with van der Waals surface area (Å²) in [5, 5.41) is 4.88. The highest BCUT2D eigenvalue weighted by Gasteiger charge is 2.30. The van der Waals surface area contributed by atoms with Gasteiger partial charge in [-0.2, -0.15) is 5.10 Å². The first-order chi connectivity index (χ1) is 15.2. The van der Waals surface area contributed by atoms with Crippen molar-refractivity contribution in [1.29, 1.82) is 0 Å². The molecule has 1 aromatic heterocycles. The van der Waals surface area contributed by atoms with Crippen LogP contribution in [0.15, 0.2) is 24.4 Å². The first-order valence-electron chi connectivity index (χ1n) is 11.2. The van der Waals surface area contributed by atoms with E-state index in [4.69, 9.17) is 20.3 Å². The van der Waals surface area contributed by atoms with Crippen molar-refractivity contribution in [3.63, 3.8) is 0 Å². The number of morpholine rings is 1. The lowest BCUT2D eigenvalue weighted by Crippen LogP contribution is -2.42. The molecule has 2 aliphatic rings. The number of benzene rings is 1. The van der Waals surface area contributed by atoms with E-state index in [2.05, 4.69) is 4.90 Å². The highest BCUT2D eigenvalue weighted by atomic mass is 19.1. The minimum atomic E-state index is -0.514. The summed E-state index contributed by atoms with van der Waals surface area (Å²) in [6, 6.07) is 5.17. The van der Waals surface area contributed by atoms with E-state index in [0.717, 1.165) is 24.2 Å². The van der Waals surface area contributed by atoms with Crippen molar-refractivity contribution in [2.24, 2.45) is 0 Å². The number of amides is 1. The molecule has 1 amide bonds. The average Bonchev–Trinajstić information content (AvgIpc) is 3.20. The maximum Gasteiger partial charge on any atom is 0.410 e. The van der Waals surface area contributed by atoms with Crippen LogP contribution in [0.1, 0.15) is 39.7 Å². The number of nitrogens with zero attached hydrogens (tertiary/aromatic N) is 4. The van der Waals surface area contributed by atoms with Gasteiger partial charge in [0.25, 0.3) is 0 Å². The van der Waals surface area contributed by atoms with Gasteiger partial charge < -0.3 is 25.0 Å². The number of anilines is 2. The Morgan fingerprint density at radius 1 is 1.16 bits per heavy atom. The summed E-state index contributed by atoms with van der Waals surface area (Å²) in [6.45, 7) is 9.40. The fourth-order valence-corrected chi connectivity index (χ4v) is 4.17. The van der Waals surface area contributed by atoms with Crippen LogP contribution < -0.4 is 10.6 Å². The fraction of sp³-hybridized carbons (Fsp3) is 0.565. The molecule has 3 heterocycles. The van der Waals surface area contributed by atoms with E-state index in [1.165, 1.54) is 0 Å². The Hall–Kier alpha value is -2.81. The van der Waals surface area contributed by atoms with Gasteiger partial charge >= 0.3 is 6.09 Å². The van der Waals surface area contributed by atoms with Crippen LogP contribution in [0, 0.1) is 5.82 Å². The van der Waals surface area contributed by atoms with Gasteiger partial charge in [-0.15, -0.1) is 0 Å². The van der Waals surface area contributed by atoms with Crippen LogP contribution in [0.3, 0.4) is 0 Å². The van der Waals surface area contributed by atoms with E-state index in [-0.39, 0.29) is 17.8 Å². The number of likely N-dealkylation sites (tertiary alicyclic amines) is 1. The van der Waals surface area contributed by atoms with E-state index in [1.807, 2.05) is 31.6 Å². The van der Waals surface area contributed by atoms with Gasteiger partial charge in [0.15, 0.2) is 11.6 Å². The van der Waals surface area contributed by atoms with E-state index < -0.39 is 11.4 Å². The Bertz CT molecular complexity index is 957. The van der Waals surface area contributed by atoms with Gasteiger partial charge in [0, 0.05) is 43.5 Å². The van der Waals surface area contributed by atoms with Crippen molar-refractivity contribution in [1.82, 2.24) is 14.7 Å². The predicted octanol–water partition coefficient (Wildman–Crippen LogP) is 3.68. The lowest BCUT2D eigenvalue weighted by molar-refractivity contribution is 0.0185. The third kappa shape index (κ3) is 4.82. The fourth-order valence-electron chi connectivity index (χ4n) is 4.17. The number of carbonyl (C=O) groups is 1. The molecule has 0 bridgehead atoms. The molecule has 2 N–H and O–H groups in total. The minimum absolute atomic E-state index is 0.117. The van der Waals surface area contributed by atoms with Crippen molar-refractivity contribution < 1.29 is 18.7 Å². The van der Waals surface area contributed by atoms with Crippen LogP contribution in [0.2, 0.25) is 0 Å². The molecule has 8 nitrogen and oxygen atoms in total. The Kier molecular flexibility index (Phi) is 6.28. The maximum atomic E-state index is 14.9. The van der Waals surface area contributed by atoms with Crippen LogP contribution >= 0.6 is 0 Å². The summed E-state index contributed by atoms with van der Waals surface area (Å²) in [4.78, 5) is 16.3. The smallest absolute Gasteiger partial charge is 0.410 e. The molecule has 2 aliphatic heterocycles. The normalized spacial score (nSPS) is 18.1. The second kappa shape index (κ2) is 8.97. The first-order valence-corrected chi connectivity index (χ1v) is 11.2. The number of piperidine rings is 1. The summed E-state index contributed by atoms with van der Waals surface area (Å²) in [5.41, 5.74) is 6.62.